The van der Waals surface area contributed by atoms with Gasteiger partial charge in [-0.1, -0.05) is 51.1 Å². The van der Waals surface area contributed by atoms with Crippen molar-refractivity contribution in [2.24, 2.45) is 17.3 Å². The van der Waals surface area contributed by atoms with Gasteiger partial charge in [0.1, 0.15) is 0 Å². The Morgan fingerprint density at radius 1 is 1.50 bits per heavy atom. The normalized spacial score (nSPS) is 28.3. The molecule has 0 amide bonds. The highest BCUT2D eigenvalue weighted by Gasteiger charge is 2.38. The van der Waals surface area contributed by atoms with Gasteiger partial charge >= 0.3 is 0 Å². The van der Waals surface area contributed by atoms with Crippen LogP contribution in [0, 0.1) is 28.6 Å². The average Bonchev–Trinajstić information content (AvgIpc) is 2.75. The predicted octanol–water partition coefficient (Wildman–Crippen LogP) is 4.41. The maximum absolute atomic E-state index is 9.54. The lowest BCUT2D eigenvalue weighted by Crippen LogP contribution is -2.31. The molecule has 0 saturated carbocycles. The molecular weight excluding hydrogens is 268 g/mol. The van der Waals surface area contributed by atoms with Crippen molar-refractivity contribution in [3.8, 4) is 6.07 Å². The van der Waals surface area contributed by atoms with Crippen molar-refractivity contribution in [3.63, 3.8) is 0 Å². The molecule has 0 aromatic carbocycles. The summed E-state index contributed by atoms with van der Waals surface area (Å²) in [4.78, 5) is 0. The van der Waals surface area contributed by atoms with Gasteiger partial charge in [0.15, 0.2) is 0 Å². The summed E-state index contributed by atoms with van der Waals surface area (Å²) in [7, 11) is 0. The first-order chi connectivity index (χ1) is 9.32. The summed E-state index contributed by atoms with van der Waals surface area (Å²) in [5, 5.41) is 13.7. The molecule has 3 atom stereocenters. The van der Waals surface area contributed by atoms with Gasteiger partial charge in [-0.05, 0) is 30.4 Å². The summed E-state index contributed by atoms with van der Waals surface area (Å²) in [6.45, 7) is 13.2. The maximum atomic E-state index is 9.54. The number of halogens is 1. The van der Waals surface area contributed by atoms with E-state index in [4.69, 9.17) is 11.6 Å². The number of allylic oxidation sites excluding steroid dienone is 4. The highest BCUT2D eigenvalue weighted by atomic mass is 35.5. The van der Waals surface area contributed by atoms with Gasteiger partial charge in [0.2, 0.25) is 0 Å². The Labute approximate surface area is 128 Å². The number of nitrogens with one attached hydrogen (secondary N) is 1. The third-order valence-corrected chi connectivity index (χ3v) is 4.02. The molecule has 3 unspecified atom stereocenters. The van der Waals surface area contributed by atoms with Crippen molar-refractivity contribution >= 4 is 11.6 Å². The summed E-state index contributed by atoms with van der Waals surface area (Å²) in [6, 6.07) is 2.71. The molecule has 1 aliphatic heterocycles. The Morgan fingerprint density at radius 2 is 2.15 bits per heavy atom. The molecule has 0 aliphatic carbocycles. The zero-order valence-corrected chi connectivity index (χ0v) is 13.7. The minimum absolute atomic E-state index is 0.0280. The zero-order valence-electron chi connectivity index (χ0n) is 12.9. The van der Waals surface area contributed by atoms with Crippen molar-refractivity contribution in [3.05, 3.63) is 35.4 Å². The topological polar surface area (TPSA) is 35.8 Å². The molecule has 20 heavy (non-hydrogen) atoms. The van der Waals surface area contributed by atoms with Crippen LogP contribution in [0.5, 0.6) is 0 Å². The van der Waals surface area contributed by atoms with E-state index in [0.717, 1.165) is 18.5 Å². The van der Waals surface area contributed by atoms with Crippen molar-refractivity contribution in [1.29, 1.82) is 5.26 Å². The standard InChI is InChI=1S/C17H25ClN2/c1-6-12(8-13(18)7-2)15-11-20-16(14(15)10-19)9-17(3,4)5/h6-8,14-16,20H,1,9,11H2,2-5H3/b12-8+,13-7+. The van der Waals surface area contributed by atoms with Crippen LogP contribution in [0.25, 0.3) is 0 Å². The van der Waals surface area contributed by atoms with E-state index in [2.05, 4.69) is 38.7 Å². The van der Waals surface area contributed by atoms with E-state index in [0.29, 0.717) is 5.03 Å². The van der Waals surface area contributed by atoms with E-state index in [1.807, 2.05) is 25.2 Å². The smallest absolute Gasteiger partial charge is 0.0697 e. The fourth-order valence-electron chi connectivity index (χ4n) is 2.74. The van der Waals surface area contributed by atoms with E-state index < -0.39 is 0 Å². The second kappa shape index (κ2) is 7.11. The molecule has 1 fully saturated rings. The Morgan fingerprint density at radius 3 is 2.60 bits per heavy atom. The Kier molecular flexibility index (Phi) is 6.05. The molecule has 2 nitrogen and oxygen atoms in total. The monoisotopic (exact) mass is 292 g/mol. The summed E-state index contributed by atoms with van der Waals surface area (Å²) in [6.07, 6.45) is 6.58. The summed E-state index contributed by atoms with van der Waals surface area (Å²) in [5.41, 5.74) is 1.25. The first-order valence-corrected chi connectivity index (χ1v) is 7.49. The van der Waals surface area contributed by atoms with Gasteiger partial charge in [0.25, 0.3) is 0 Å². The van der Waals surface area contributed by atoms with E-state index in [1.165, 1.54) is 0 Å². The second-order valence-electron chi connectivity index (χ2n) is 6.56. The van der Waals surface area contributed by atoms with E-state index in [1.54, 1.807) is 0 Å². The Hall–Kier alpha value is -1.04. The number of nitrogens with zero attached hydrogens (tertiary/aromatic N) is 1. The molecule has 0 bridgehead atoms. The molecule has 110 valence electrons. The lowest BCUT2D eigenvalue weighted by Gasteiger charge is -2.26. The average molecular weight is 293 g/mol. The number of rotatable bonds is 4. The molecule has 1 rings (SSSR count). The van der Waals surface area contributed by atoms with Gasteiger partial charge in [-0.2, -0.15) is 5.26 Å². The van der Waals surface area contributed by atoms with Crippen LogP contribution in [0.4, 0.5) is 0 Å². The van der Waals surface area contributed by atoms with Crippen LogP contribution in [-0.2, 0) is 0 Å². The van der Waals surface area contributed by atoms with E-state index in [9.17, 15) is 5.26 Å². The lowest BCUT2D eigenvalue weighted by molar-refractivity contribution is 0.301. The fourth-order valence-corrected chi connectivity index (χ4v) is 2.86. The first-order valence-electron chi connectivity index (χ1n) is 7.11. The molecule has 1 saturated heterocycles. The summed E-state index contributed by atoms with van der Waals surface area (Å²) >= 11 is 6.08. The molecule has 1 heterocycles. The van der Waals surface area contributed by atoms with Gasteiger partial charge in [0, 0.05) is 23.5 Å². The van der Waals surface area contributed by atoms with Crippen molar-refractivity contribution in [1.82, 2.24) is 5.32 Å². The van der Waals surface area contributed by atoms with Crippen LogP contribution in [0.3, 0.4) is 0 Å². The molecule has 1 N–H and O–H groups in total. The molecule has 0 aromatic heterocycles. The molecule has 0 spiro atoms. The number of hydrogen-bond acceptors (Lipinski definition) is 2. The second-order valence-corrected chi connectivity index (χ2v) is 7.00. The van der Waals surface area contributed by atoms with Crippen molar-refractivity contribution in [2.45, 2.75) is 40.2 Å². The molecule has 0 radical (unpaired) electrons. The zero-order chi connectivity index (χ0) is 15.3. The first kappa shape index (κ1) is 17.0. The van der Waals surface area contributed by atoms with Crippen LogP contribution in [0.1, 0.15) is 34.1 Å². The van der Waals surface area contributed by atoms with Crippen LogP contribution < -0.4 is 5.32 Å². The third-order valence-electron chi connectivity index (χ3n) is 3.69. The van der Waals surface area contributed by atoms with Crippen LogP contribution in [0.15, 0.2) is 35.4 Å². The number of hydrogen-bond donors (Lipinski definition) is 1. The van der Waals surface area contributed by atoms with E-state index in [-0.39, 0.29) is 23.3 Å². The van der Waals surface area contributed by atoms with Crippen LogP contribution in [-0.4, -0.2) is 12.6 Å². The Balaban J connectivity index is 2.95. The van der Waals surface area contributed by atoms with Gasteiger partial charge < -0.3 is 5.32 Å². The minimum atomic E-state index is -0.0280. The largest absolute Gasteiger partial charge is 0.312 e. The molecule has 3 heteroatoms. The molecule has 0 aromatic rings. The summed E-state index contributed by atoms with van der Waals surface area (Å²) in [5.74, 6) is 0.137. The number of nitriles is 1. The highest BCUT2D eigenvalue weighted by Crippen LogP contribution is 2.35. The fraction of sp³-hybridized carbons (Fsp3) is 0.588. The van der Waals surface area contributed by atoms with Crippen LogP contribution >= 0.6 is 11.6 Å². The van der Waals surface area contributed by atoms with Gasteiger partial charge in [-0.3, -0.25) is 0 Å². The van der Waals surface area contributed by atoms with Crippen molar-refractivity contribution < 1.29 is 0 Å². The van der Waals surface area contributed by atoms with E-state index >= 15 is 0 Å². The van der Waals surface area contributed by atoms with Gasteiger partial charge in [0.05, 0.1) is 12.0 Å². The summed E-state index contributed by atoms with van der Waals surface area (Å²) < 4.78 is 0. The minimum Gasteiger partial charge on any atom is -0.312 e. The highest BCUT2D eigenvalue weighted by molar-refractivity contribution is 6.31. The van der Waals surface area contributed by atoms with Crippen molar-refractivity contribution in [2.75, 3.05) is 6.54 Å². The van der Waals surface area contributed by atoms with Gasteiger partial charge in [-0.15, -0.1) is 0 Å². The SMILES string of the molecule is C=C/C(=C\C(Cl)=C/C)C1CNC(CC(C)(C)C)C1C#N. The lowest BCUT2D eigenvalue weighted by atomic mass is 9.79. The van der Waals surface area contributed by atoms with Crippen LogP contribution in [0.2, 0.25) is 0 Å². The Bertz CT molecular complexity index is 449. The third kappa shape index (κ3) is 4.51. The quantitative estimate of drug-likeness (QED) is 0.779. The molecular formula is C17H25ClN2. The molecule has 1 aliphatic rings. The van der Waals surface area contributed by atoms with Gasteiger partial charge in [-0.25, -0.2) is 0 Å². The maximum Gasteiger partial charge on any atom is 0.0697 e. The predicted molar refractivity (Wildman–Crippen MR) is 86.3 cm³/mol.